The number of esters is 1. The summed E-state index contributed by atoms with van der Waals surface area (Å²) in [4.78, 5) is 28.7. The molecule has 0 amide bonds. The predicted octanol–water partition coefficient (Wildman–Crippen LogP) is 5.59. The van der Waals surface area contributed by atoms with Gasteiger partial charge in [0.15, 0.2) is 17.0 Å². The number of carbonyl (C=O) groups is 1. The SMILES string of the molecule is CC(NP(OCC1CC(C)C(n2cnc3c(N4CCC4)nc(N)nc32)O1)Oc1cccc2ccccc12)C(=O)OCC(C)(C)C. The van der Waals surface area contributed by atoms with Gasteiger partial charge in [0.05, 0.1) is 25.6 Å². The summed E-state index contributed by atoms with van der Waals surface area (Å²) in [6.45, 7) is 12.4. The number of nitrogens with zero attached hydrogens (tertiary/aromatic N) is 5. The molecule has 0 radical (unpaired) electrons. The second-order valence-corrected chi connectivity index (χ2v) is 14.3. The number of rotatable bonds is 11. The first-order valence-electron chi connectivity index (χ1n) is 15.5. The molecule has 6 rings (SSSR count). The summed E-state index contributed by atoms with van der Waals surface area (Å²) in [6, 6.07) is 13.2. The van der Waals surface area contributed by atoms with Gasteiger partial charge in [0.25, 0.3) is 0 Å². The van der Waals surface area contributed by atoms with Gasteiger partial charge < -0.3 is 29.2 Å². The lowest BCUT2D eigenvalue weighted by atomic mass is 9.99. The molecule has 2 aliphatic heterocycles. The Bertz CT molecular complexity index is 1650. The number of nitrogens with two attached hydrogens (primary N) is 1. The van der Waals surface area contributed by atoms with Crippen molar-refractivity contribution in [1.29, 1.82) is 0 Å². The highest BCUT2D eigenvalue weighted by molar-refractivity contribution is 7.45. The van der Waals surface area contributed by atoms with Crippen LogP contribution in [0.1, 0.15) is 53.7 Å². The third kappa shape index (κ3) is 7.14. The van der Waals surface area contributed by atoms with Crippen molar-refractivity contribution in [3.63, 3.8) is 0 Å². The molecule has 4 heterocycles. The second-order valence-electron chi connectivity index (χ2n) is 13.1. The molecule has 240 valence electrons. The van der Waals surface area contributed by atoms with E-state index < -0.39 is 14.6 Å². The van der Waals surface area contributed by atoms with Crippen LogP contribution in [0.15, 0.2) is 48.8 Å². The Morgan fingerprint density at radius 1 is 1.18 bits per heavy atom. The molecule has 2 aromatic heterocycles. The van der Waals surface area contributed by atoms with E-state index in [1.807, 2.05) is 67.8 Å². The number of anilines is 2. The summed E-state index contributed by atoms with van der Waals surface area (Å²) in [7, 11) is -1.74. The van der Waals surface area contributed by atoms with E-state index >= 15 is 0 Å². The Labute approximate surface area is 264 Å². The molecule has 0 saturated carbocycles. The Morgan fingerprint density at radius 2 is 1.96 bits per heavy atom. The van der Waals surface area contributed by atoms with Crippen molar-refractivity contribution in [2.24, 2.45) is 11.3 Å². The molecule has 5 unspecified atom stereocenters. The minimum Gasteiger partial charge on any atom is -0.464 e. The van der Waals surface area contributed by atoms with Crippen LogP contribution in [0.3, 0.4) is 0 Å². The van der Waals surface area contributed by atoms with Crippen molar-refractivity contribution < 1.29 is 23.3 Å². The standard InChI is InChI=1S/C32H42N7O5P/c1-20-16-23(43-29(20)39-19-34-26-27(38-14-9-15-38)35-31(33)36-28(26)39)17-42-45(37-21(2)30(40)41-18-32(3,4)5)44-25-13-8-11-22-10-6-7-12-24(22)25/h6-8,10-13,19-21,23,29,37H,9,14-18H2,1-5H3,(H2,33,35,36). The molecule has 0 spiro atoms. The largest absolute Gasteiger partial charge is 0.464 e. The van der Waals surface area contributed by atoms with Crippen LogP contribution >= 0.6 is 8.53 Å². The number of fused-ring (bicyclic) bond motifs is 2. The molecule has 4 aromatic rings. The number of benzene rings is 2. The zero-order valence-corrected chi connectivity index (χ0v) is 27.4. The molecule has 12 nitrogen and oxygen atoms in total. The molecule has 2 fully saturated rings. The Kier molecular flexibility index (Phi) is 9.10. The van der Waals surface area contributed by atoms with Gasteiger partial charge >= 0.3 is 14.5 Å². The minimum atomic E-state index is -1.74. The van der Waals surface area contributed by atoms with Crippen LogP contribution in [-0.4, -0.2) is 63.9 Å². The third-order valence-corrected chi connectivity index (χ3v) is 9.26. The van der Waals surface area contributed by atoms with Gasteiger partial charge in [0.1, 0.15) is 18.0 Å². The number of carbonyl (C=O) groups excluding carboxylic acids is 1. The topological polar surface area (TPSA) is 139 Å². The van der Waals surface area contributed by atoms with E-state index in [1.165, 1.54) is 0 Å². The van der Waals surface area contributed by atoms with Gasteiger partial charge in [-0.05, 0) is 36.6 Å². The van der Waals surface area contributed by atoms with Crippen LogP contribution in [0, 0.1) is 11.3 Å². The first-order chi connectivity index (χ1) is 21.6. The van der Waals surface area contributed by atoms with Gasteiger partial charge in [0.2, 0.25) is 5.95 Å². The summed E-state index contributed by atoms with van der Waals surface area (Å²) in [5.41, 5.74) is 7.35. The first-order valence-corrected chi connectivity index (χ1v) is 16.7. The van der Waals surface area contributed by atoms with E-state index in [0.29, 0.717) is 18.0 Å². The molecule has 0 aliphatic carbocycles. The average Bonchev–Trinajstić information content (AvgIpc) is 3.56. The number of ether oxygens (including phenoxy) is 2. The second kappa shape index (κ2) is 13.0. The van der Waals surface area contributed by atoms with E-state index in [9.17, 15) is 4.79 Å². The lowest BCUT2D eigenvalue weighted by molar-refractivity contribution is -0.148. The highest BCUT2D eigenvalue weighted by atomic mass is 31.2. The number of nitrogen functional groups attached to an aromatic ring is 1. The summed E-state index contributed by atoms with van der Waals surface area (Å²) in [6.07, 6.45) is 3.11. The van der Waals surface area contributed by atoms with Crippen LogP contribution in [0.25, 0.3) is 21.9 Å². The molecule has 13 heteroatoms. The van der Waals surface area contributed by atoms with Crippen molar-refractivity contribution in [2.75, 3.05) is 36.9 Å². The predicted molar refractivity (Wildman–Crippen MR) is 175 cm³/mol. The van der Waals surface area contributed by atoms with Crippen molar-refractivity contribution in [3.8, 4) is 5.75 Å². The Balaban J connectivity index is 1.16. The number of hydrogen-bond acceptors (Lipinski definition) is 11. The fourth-order valence-corrected chi connectivity index (χ4v) is 6.69. The van der Waals surface area contributed by atoms with Crippen LogP contribution < -0.4 is 20.2 Å². The van der Waals surface area contributed by atoms with E-state index in [4.69, 9.17) is 24.3 Å². The summed E-state index contributed by atoms with van der Waals surface area (Å²) < 4.78 is 26.8. The molecular formula is C32H42N7O5P. The summed E-state index contributed by atoms with van der Waals surface area (Å²) in [5, 5.41) is 5.24. The highest BCUT2D eigenvalue weighted by Gasteiger charge is 2.36. The van der Waals surface area contributed by atoms with E-state index in [2.05, 4.69) is 31.9 Å². The van der Waals surface area contributed by atoms with Gasteiger partial charge in [0, 0.05) is 24.4 Å². The quantitative estimate of drug-likeness (QED) is 0.158. The van der Waals surface area contributed by atoms with Crippen LogP contribution in [0.2, 0.25) is 0 Å². The fourth-order valence-electron chi connectivity index (χ4n) is 5.45. The van der Waals surface area contributed by atoms with Gasteiger partial charge in [-0.2, -0.15) is 9.97 Å². The monoisotopic (exact) mass is 635 g/mol. The molecule has 3 N–H and O–H groups in total. The van der Waals surface area contributed by atoms with Crippen molar-refractivity contribution in [1.82, 2.24) is 24.6 Å². The maximum Gasteiger partial charge on any atom is 0.323 e. The molecule has 0 bridgehead atoms. The summed E-state index contributed by atoms with van der Waals surface area (Å²) in [5.74, 6) is 1.45. The molecule has 45 heavy (non-hydrogen) atoms. The van der Waals surface area contributed by atoms with Gasteiger partial charge in [-0.3, -0.25) is 9.36 Å². The van der Waals surface area contributed by atoms with Gasteiger partial charge in [-0.1, -0.05) is 64.1 Å². The van der Waals surface area contributed by atoms with Crippen LogP contribution in [0.4, 0.5) is 11.8 Å². The van der Waals surface area contributed by atoms with Crippen molar-refractivity contribution in [2.45, 2.75) is 65.8 Å². The number of hydrogen-bond donors (Lipinski definition) is 2. The van der Waals surface area contributed by atoms with Crippen LogP contribution in [-0.2, 0) is 18.8 Å². The van der Waals surface area contributed by atoms with Crippen molar-refractivity contribution >= 4 is 48.2 Å². The third-order valence-electron chi connectivity index (χ3n) is 7.91. The fraction of sp³-hybridized carbons (Fsp3) is 0.500. The lowest BCUT2D eigenvalue weighted by Crippen LogP contribution is -2.38. The number of imidazole rings is 1. The molecule has 2 aliphatic rings. The Morgan fingerprint density at radius 3 is 2.71 bits per heavy atom. The smallest absolute Gasteiger partial charge is 0.323 e. The van der Waals surface area contributed by atoms with Crippen LogP contribution in [0.5, 0.6) is 5.75 Å². The summed E-state index contributed by atoms with van der Waals surface area (Å²) >= 11 is 0. The maximum absolute atomic E-state index is 12.8. The van der Waals surface area contributed by atoms with Crippen molar-refractivity contribution in [3.05, 3.63) is 48.8 Å². The van der Waals surface area contributed by atoms with Gasteiger partial charge in [-0.25, -0.2) is 10.1 Å². The highest BCUT2D eigenvalue weighted by Crippen LogP contribution is 2.42. The Hall–Kier alpha value is -3.57. The zero-order valence-electron chi connectivity index (χ0n) is 26.5. The number of aromatic nitrogens is 4. The molecular weight excluding hydrogens is 593 g/mol. The average molecular weight is 636 g/mol. The van der Waals surface area contributed by atoms with E-state index in [0.717, 1.165) is 48.0 Å². The maximum atomic E-state index is 12.8. The lowest BCUT2D eigenvalue weighted by Gasteiger charge is -2.32. The molecule has 5 atom stereocenters. The van der Waals surface area contributed by atoms with E-state index in [1.54, 1.807) is 13.3 Å². The van der Waals surface area contributed by atoms with Gasteiger partial charge in [-0.15, -0.1) is 0 Å². The zero-order chi connectivity index (χ0) is 31.7. The minimum absolute atomic E-state index is 0.141. The number of nitrogens with one attached hydrogen (secondary N) is 1. The first kappa shape index (κ1) is 31.4. The van der Waals surface area contributed by atoms with E-state index in [-0.39, 0.29) is 42.2 Å². The normalized spacial score (nSPS) is 21.5. The molecule has 2 aromatic carbocycles. The molecule has 2 saturated heterocycles.